The van der Waals surface area contributed by atoms with Crippen LogP contribution in [0.2, 0.25) is 0 Å². The molecule has 0 aliphatic heterocycles. The Bertz CT molecular complexity index is 395. The molecule has 0 saturated heterocycles. The molecular weight excluding hydrogens is 332 g/mol. The van der Waals surface area contributed by atoms with Gasteiger partial charge in [0.2, 0.25) is 0 Å². The lowest BCUT2D eigenvalue weighted by atomic mass is 9.97. The first-order chi connectivity index (χ1) is 7.66. The van der Waals surface area contributed by atoms with Gasteiger partial charge in [0.15, 0.2) is 5.78 Å². The smallest absolute Gasteiger partial charge is 0.164 e. The van der Waals surface area contributed by atoms with Crippen molar-refractivity contribution >= 4 is 37.6 Å². The second-order valence-electron chi connectivity index (χ2n) is 4.40. The zero-order chi connectivity index (χ0) is 11.5. The summed E-state index contributed by atoms with van der Waals surface area (Å²) >= 11 is 6.84. The van der Waals surface area contributed by atoms with Gasteiger partial charge in [0.05, 0.1) is 0 Å². The molecule has 2 rings (SSSR count). The number of rotatable bonds is 3. The molecule has 86 valence electrons. The van der Waals surface area contributed by atoms with Gasteiger partial charge in [0.1, 0.15) is 0 Å². The third-order valence-corrected chi connectivity index (χ3v) is 4.33. The molecule has 0 unspecified atom stereocenters. The second kappa shape index (κ2) is 5.46. The molecule has 0 N–H and O–H groups in total. The van der Waals surface area contributed by atoms with E-state index in [-0.39, 0.29) is 5.78 Å². The normalized spacial score (nSPS) is 16.6. The van der Waals surface area contributed by atoms with Crippen molar-refractivity contribution < 1.29 is 4.79 Å². The van der Waals surface area contributed by atoms with Crippen LogP contribution in [-0.2, 0) is 0 Å². The maximum Gasteiger partial charge on any atom is 0.164 e. The van der Waals surface area contributed by atoms with Crippen LogP contribution in [0.25, 0.3) is 0 Å². The van der Waals surface area contributed by atoms with E-state index in [1.807, 2.05) is 18.2 Å². The number of ketones is 1. The van der Waals surface area contributed by atoms with Crippen LogP contribution in [0.4, 0.5) is 0 Å². The molecule has 1 aromatic carbocycles. The maximum absolute atomic E-state index is 12.1. The van der Waals surface area contributed by atoms with Gasteiger partial charge < -0.3 is 0 Å². The third kappa shape index (κ3) is 2.95. The van der Waals surface area contributed by atoms with Crippen LogP contribution in [0.3, 0.4) is 0 Å². The molecule has 1 fully saturated rings. The number of carbonyl (C=O) groups excluding carboxylic acids is 1. The number of carbonyl (C=O) groups is 1. The SMILES string of the molecule is O=C(CC1CCCC1)c1ccc(Br)cc1Br. The number of halogens is 2. The van der Waals surface area contributed by atoms with Crippen molar-refractivity contribution in [2.45, 2.75) is 32.1 Å². The van der Waals surface area contributed by atoms with E-state index in [1.165, 1.54) is 25.7 Å². The number of Topliss-reactive ketones (excluding diaryl/α,β-unsaturated/α-hetero) is 1. The molecule has 0 aromatic heterocycles. The predicted molar refractivity (Wildman–Crippen MR) is 72.7 cm³/mol. The van der Waals surface area contributed by atoms with Crippen molar-refractivity contribution in [1.29, 1.82) is 0 Å². The van der Waals surface area contributed by atoms with Gasteiger partial charge in [0, 0.05) is 20.9 Å². The third-order valence-electron chi connectivity index (χ3n) is 3.18. The van der Waals surface area contributed by atoms with E-state index in [0.29, 0.717) is 12.3 Å². The molecule has 1 aliphatic carbocycles. The Morgan fingerprint density at radius 1 is 1.25 bits per heavy atom. The first-order valence-electron chi connectivity index (χ1n) is 5.65. The average Bonchev–Trinajstić information content (AvgIpc) is 2.70. The first-order valence-corrected chi connectivity index (χ1v) is 7.23. The number of hydrogen-bond acceptors (Lipinski definition) is 1. The monoisotopic (exact) mass is 344 g/mol. The molecule has 0 heterocycles. The van der Waals surface area contributed by atoms with Crippen molar-refractivity contribution in [2.24, 2.45) is 5.92 Å². The van der Waals surface area contributed by atoms with E-state index >= 15 is 0 Å². The zero-order valence-corrected chi connectivity index (χ0v) is 12.2. The molecule has 0 spiro atoms. The molecule has 1 saturated carbocycles. The predicted octanol–water partition coefficient (Wildman–Crippen LogP) is 4.97. The Hall–Kier alpha value is -0.150. The molecule has 0 amide bonds. The van der Waals surface area contributed by atoms with Gasteiger partial charge in [-0.25, -0.2) is 0 Å². The van der Waals surface area contributed by atoms with Gasteiger partial charge in [-0.2, -0.15) is 0 Å². The van der Waals surface area contributed by atoms with Crippen LogP contribution >= 0.6 is 31.9 Å². The van der Waals surface area contributed by atoms with Crippen LogP contribution in [0.15, 0.2) is 27.1 Å². The van der Waals surface area contributed by atoms with Gasteiger partial charge in [-0.15, -0.1) is 0 Å². The lowest BCUT2D eigenvalue weighted by Crippen LogP contribution is -2.06. The topological polar surface area (TPSA) is 17.1 Å². The van der Waals surface area contributed by atoms with Crippen LogP contribution < -0.4 is 0 Å². The molecule has 0 bridgehead atoms. The van der Waals surface area contributed by atoms with E-state index in [0.717, 1.165) is 14.5 Å². The van der Waals surface area contributed by atoms with Crippen molar-refractivity contribution in [1.82, 2.24) is 0 Å². The summed E-state index contributed by atoms with van der Waals surface area (Å²) in [7, 11) is 0. The highest BCUT2D eigenvalue weighted by atomic mass is 79.9. The molecule has 1 aromatic rings. The summed E-state index contributed by atoms with van der Waals surface area (Å²) in [6.07, 6.45) is 5.74. The zero-order valence-electron chi connectivity index (χ0n) is 9.01. The van der Waals surface area contributed by atoms with E-state index in [4.69, 9.17) is 0 Å². The van der Waals surface area contributed by atoms with Crippen molar-refractivity contribution in [3.63, 3.8) is 0 Å². The molecule has 0 radical (unpaired) electrons. The summed E-state index contributed by atoms with van der Waals surface area (Å²) < 4.78 is 1.89. The fraction of sp³-hybridized carbons (Fsp3) is 0.462. The highest BCUT2D eigenvalue weighted by molar-refractivity contribution is 9.11. The molecule has 16 heavy (non-hydrogen) atoms. The van der Waals surface area contributed by atoms with Gasteiger partial charge in [-0.05, 0) is 24.1 Å². The van der Waals surface area contributed by atoms with Gasteiger partial charge in [-0.1, -0.05) is 57.5 Å². The van der Waals surface area contributed by atoms with Gasteiger partial charge in [-0.3, -0.25) is 4.79 Å². The van der Waals surface area contributed by atoms with Gasteiger partial charge >= 0.3 is 0 Å². The quantitative estimate of drug-likeness (QED) is 0.706. The Morgan fingerprint density at radius 2 is 1.94 bits per heavy atom. The van der Waals surface area contributed by atoms with Crippen LogP contribution in [-0.4, -0.2) is 5.78 Å². The largest absolute Gasteiger partial charge is 0.294 e. The molecular formula is C13H14Br2O. The van der Waals surface area contributed by atoms with E-state index < -0.39 is 0 Å². The Balaban J connectivity index is 2.08. The summed E-state index contributed by atoms with van der Waals surface area (Å²) in [5.41, 5.74) is 0.815. The minimum absolute atomic E-state index is 0.270. The van der Waals surface area contributed by atoms with Crippen molar-refractivity contribution in [2.75, 3.05) is 0 Å². The fourth-order valence-corrected chi connectivity index (χ4v) is 3.57. The van der Waals surface area contributed by atoms with Crippen molar-refractivity contribution in [3.05, 3.63) is 32.7 Å². The minimum atomic E-state index is 0.270. The number of benzene rings is 1. The molecule has 3 heteroatoms. The van der Waals surface area contributed by atoms with Gasteiger partial charge in [0.25, 0.3) is 0 Å². The summed E-state index contributed by atoms with van der Waals surface area (Å²) in [5, 5.41) is 0. The maximum atomic E-state index is 12.1. The van der Waals surface area contributed by atoms with Crippen LogP contribution in [0.1, 0.15) is 42.5 Å². The lowest BCUT2D eigenvalue weighted by Gasteiger charge is -2.09. The Kier molecular flexibility index (Phi) is 4.20. The Morgan fingerprint density at radius 3 is 2.56 bits per heavy atom. The average molecular weight is 346 g/mol. The number of hydrogen-bond donors (Lipinski definition) is 0. The lowest BCUT2D eigenvalue weighted by molar-refractivity contribution is 0.0961. The Labute approximate surface area is 113 Å². The van der Waals surface area contributed by atoms with Crippen LogP contribution in [0, 0.1) is 5.92 Å². The fourth-order valence-electron chi connectivity index (χ4n) is 2.30. The van der Waals surface area contributed by atoms with E-state index in [9.17, 15) is 4.79 Å². The van der Waals surface area contributed by atoms with Crippen LogP contribution in [0.5, 0.6) is 0 Å². The molecule has 1 nitrogen and oxygen atoms in total. The van der Waals surface area contributed by atoms with E-state index in [2.05, 4.69) is 31.9 Å². The molecule has 0 atom stereocenters. The summed E-state index contributed by atoms with van der Waals surface area (Å²) in [4.78, 5) is 12.1. The van der Waals surface area contributed by atoms with E-state index in [1.54, 1.807) is 0 Å². The standard InChI is InChI=1S/C13H14Br2O/c14-10-5-6-11(12(15)8-10)13(16)7-9-3-1-2-4-9/h5-6,8-9H,1-4,7H2. The summed E-state index contributed by atoms with van der Waals surface area (Å²) in [6.45, 7) is 0. The summed E-state index contributed by atoms with van der Waals surface area (Å²) in [6, 6.07) is 5.75. The highest BCUT2D eigenvalue weighted by Gasteiger charge is 2.20. The molecule has 1 aliphatic rings. The van der Waals surface area contributed by atoms with Crippen molar-refractivity contribution in [3.8, 4) is 0 Å². The first kappa shape index (κ1) is 12.3. The second-order valence-corrected chi connectivity index (χ2v) is 6.17. The summed E-state index contributed by atoms with van der Waals surface area (Å²) in [5.74, 6) is 0.884. The highest BCUT2D eigenvalue weighted by Crippen LogP contribution is 2.30. The minimum Gasteiger partial charge on any atom is -0.294 e.